The SMILES string of the molecule is CCOC(=O)[C@@H](Cc1ccccc1)CC(Cc1ccccc1)C(=O)O. The standard InChI is InChI=1S/C21H24O4/c1-2-25-21(24)19(14-17-11-7-4-8-12-17)15-18(20(22)23)13-16-9-5-3-6-10-16/h3-12,18-19H,2,13-15H2,1H3,(H,22,23)/t18?,19-/m0/s1. The highest BCUT2D eigenvalue weighted by Crippen LogP contribution is 2.23. The molecule has 0 heterocycles. The van der Waals surface area contributed by atoms with Gasteiger partial charge < -0.3 is 9.84 Å². The van der Waals surface area contributed by atoms with Crippen molar-refractivity contribution in [1.29, 1.82) is 0 Å². The number of ether oxygens (including phenoxy) is 1. The van der Waals surface area contributed by atoms with Crippen molar-refractivity contribution in [2.75, 3.05) is 6.61 Å². The number of rotatable bonds is 9. The zero-order chi connectivity index (χ0) is 18.1. The molecule has 1 N–H and O–H groups in total. The van der Waals surface area contributed by atoms with Crippen molar-refractivity contribution in [2.45, 2.75) is 26.2 Å². The van der Waals surface area contributed by atoms with Crippen LogP contribution in [0.5, 0.6) is 0 Å². The van der Waals surface area contributed by atoms with Crippen molar-refractivity contribution in [2.24, 2.45) is 11.8 Å². The molecule has 0 aliphatic heterocycles. The van der Waals surface area contributed by atoms with E-state index in [1.807, 2.05) is 60.7 Å². The minimum atomic E-state index is -0.883. The number of benzene rings is 2. The Kier molecular flexibility index (Phi) is 7.20. The summed E-state index contributed by atoms with van der Waals surface area (Å²) in [5.41, 5.74) is 1.96. The van der Waals surface area contributed by atoms with Gasteiger partial charge in [0.15, 0.2) is 0 Å². The van der Waals surface area contributed by atoms with Gasteiger partial charge in [0.05, 0.1) is 18.4 Å². The molecule has 2 rings (SSSR count). The molecule has 2 atom stereocenters. The Labute approximate surface area is 148 Å². The van der Waals surface area contributed by atoms with Gasteiger partial charge in [-0.05, 0) is 37.3 Å². The summed E-state index contributed by atoms with van der Waals surface area (Å²) in [6, 6.07) is 19.1. The second kappa shape index (κ2) is 9.62. The zero-order valence-electron chi connectivity index (χ0n) is 14.4. The second-order valence-corrected chi connectivity index (χ2v) is 6.10. The van der Waals surface area contributed by atoms with Gasteiger partial charge in [0.2, 0.25) is 0 Å². The third-order valence-corrected chi connectivity index (χ3v) is 4.19. The van der Waals surface area contributed by atoms with E-state index >= 15 is 0 Å². The number of carboxylic acid groups (broad SMARTS) is 1. The lowest BCUT2D eigenvalue weighted by Crippen LogP contribution is -2.27. The summed E-state index contributed by atoms with van der Waals surface area (Å²) in [5, 5.41) is 9.61. The third-order valence-electron chi connectivity index (χ3n) is 4.19. The molecule has 0 bridgehead atoms. The quantitative estimate of drug-likeness (QED) is 0.706. The van der Waals surface area contributed by atoms with Crippen molar-refractivity contribution in [1.82, 2.24) is 0 Å². The van der Waals surface area contributed by atoms with E-state index in [9.17, 15) is 14.7 Å². The molecule has 132 valence electrons. The van der Waals surface area contributed by atoms with Crippen LogP contribution in [0.25, 0.3) is 0 Å². The van der Waals surface area contributed by atoms with Gasteiger partial charge in [0.1, 0.15) is 0 Å². The normalized spacial score (nSPS) is 13.0. The van der Waals surface area contributed by atoms with Crippen molar-refractivity contribution in [3.8, 4) is 0 Å². The summed E-state index contributed by atoms with van der Waals surface area (Å²) in [7, 11) is 0. The molecule has 2 aromatic carbocycles. The number of carbonyl (C=O) groups is 2. The predicted octanol–water partition coefficient (Wildman–Crippen LogP) is 3.74. The molecule has 0 radical (unpaired) electrons. The maximum absolute atomic E-state index is 12.3. The fourth-order valence-electron chi connectivity index (χ4n) is 2.94. The van der Waals surface area contributed by atoms with Gasteiger partial charge in [-0.3, -0.25) is 9.59 Å². The summed E-state index contributed by atoms with van der Waals surface area (Å²) >= 11 is 0. The first-order valence-corrected chi connectivity index (χ1v) is 8.57. The molecule has 2 aromatic rings. The fourth-order valence-corrected chi connectivity index (χ4v) is 2.94. The molecular weight excluding hydrogens is 316 g/mol. The molecule has 0 aliphatic carbocycles. The topological polar surface area (TPSA) is 63.6 Å². The van der Waals surface area contributed by atoms with Crippen LogP contribution in [0.15, 0.2) is 60.7 Å². The van der Waals surface area contributed by atoms with E-state index in [2.05, 4.69) is 0 Å². The highest BCUT2D eigenvalue weighted by atomic mass is 16.5. The Morgan fingerprint density at radius 1 is 0.880 bits per heavy atom. The number of esters is 1. The van der Waals surface area contributed by atoms with Crippen molar-refractivity contribution in [3.63, 3.8) is 0 Å². The zero-order valence-corrected chi connectivity index (χ0v) is 14.4. The van der Waals surface area contributed by atoms with Crippen LogP contribution in [0.4, 0.5) is 0 Å². The molecule has 0 aromatic heterocycles. The number of aliphatic carboxylic acids is 1. The van der Waals surface area contributed by atoms with Crippen LogP contribution in [0, 0.1) is 11.8 Å². The van der Waals surface area contributed by atoms with E-state index in [0.717, 1.165) is 11.1 Å². The number of hydrogen-bond acceptors (Lipinski definition) is 3. The summed E-state index contributed by atoms with van der Waals surface area (Å²) < 4.78 is 5.18. The van der Waals surface area contributed by atoms with Crippen LogP contribution in [0.1, 0.15) is 24.5 Å². The lowest BCUT2D eigenvalue weighted by molar-refractivity contribution is -0.150. The van der Waals surface area contributed by atoms with Crippen LogP contribution < -0.4 is 0 Å². The van der Waals surface area contributed by atoms with Crippen LogP contribution in [-0.2, 0) is 27.2 Å². The van der Waals surface area contributed by atoms with E-state index in [0.29, 0.717) is 19.4 Å². The summed E-state index contributed by atoms with van der Waals surface area (Å²) in [4.78, 5) is 24.1. The lowest BCUT2D eigenvalue weighted by atomic mass is 9.86. The van der Waals surface area contributed by atoms with Gasteiger partial charge in [-0.2, -0.15) is 0 Å². The van der Waals surface area contributed by atoms with Crippen molar-refractivity contribution >= 4 is 11.9 Å². The maximum Gasteiger partial charge on any atom is 0.309 e. The first kappa shape index (κ1) is 18.7. The van der Waals surface area contributed by atoms with Gasteiger partial charge in [0.25, 0.3) is 0 Å². The van der Waals surface area contributed by atoms with Crippen molar-refractivity contribution in [3.05, 3.63) is 71.8 Å². The van der Waals surface area contributed by atoms with E-state index in [-0.39, 0.29) is 12.4 Å². The van der Waals surface area contributed by atoms with Crippen LogP contribution >= 0.6 is 0 Å². The molecule has 0 amide bonds. The van der Waals surface area contributed by atoms with Gasteiger partial charge in [-0.1, -0.05) is 60.7 Å². The molecule has 4 nitrogen and oxygen atoms in total. The largest absolute Gasteiger partial charge is 0.481 e. The van der Waals surface area contributed by atoms with Crippen LogP contribution in [-0.4, -0.2) is 23.7 Å². The Bertz CT molecular complexity index is 667. The molecule has 4 heteroatoms. The first-order valence-electron chi connectivity index (χ1n) is 8.57. The molecule has 0 spiro atoms. The lowest BCUT2D eigenvalue weighted by Gasteiger charge is -2.20. The molecule has 1 unspecified atom stereocenters. The minimum absolute atomic E-state index is 0.262. The van der Waals surface area contributed by atoms with Crippen LogP contribution in [0.3, 0.4) is 0 Å². The highest BCUT2D eigenvalue weighted by Gasteiger charge is 2.28. The molecule has 0 aliphatic rings. The summed E-state index contributed by atoms with van der Waals surface area (Å²) in [6.45, 7) is 2.05. The number of hydrogen-bond donors (Lipinski definition) is 1. The Morgan fingerprint density at radius 2 is 1.36 bits per heavy atom. The Hall–Kier alpha value is -2.62. The van der Waals surface area contributed by atoms with Gasteiger partial charge >= 0.3 is 11.9 Å². The molecule has 0 saturated carbocycles. The predicted molar refractivity (Wildman–Crippen MR) is 96.2 cm³/mol. The molecule has 0 saturated heterocycles. The second-order valence-electron chi connectivity index (χ2n) is 6.10. The average Bonchev–Trinajstić information content (AvgIpc) is 2.62. The smallest absolute Gasteiger partial charge is 0.309 e. The minimum Gasteiger partial charge on any atom is -0.481 e. The van der Waals surface area contributed by atoms with E-state index in [1.54, 1.807) is 6.92 Å². The van der Waals surface area contributed by atoms with Gasteiger partial charge in [-0.15, -0.1) is 0 Å². The molecular formula is C21H24O4. The maximum atomic E-state index is 12.3. The highest BCUT2D eigenvalue weighted by molar-refractivity contribution is 5.75. The Morgan fingerprint density at radius 3 is 1.80 bits per heavy atom. The van der Waals surface area contributed by atoms with E-state index < -0.39 is 17.8 Å². The molecule has 0 fully saturated rings. The fraction of sp³-hybridized carbons (Fsp3) is 0.333. The van der Waals surface area contributed by atoms with Crippen LogP contribution in [0.2, 0.25) is 0 Å². The average molecular weight is 340 g/mol. The van der Waals surface area contributed by atoms with Gasteiger partial charge in [-0.25, -0.2) is 0 Å². The van der Waals surface area contributed by atoms with Gasteiger partial charge in [0, 0.05) is 0 Å². The molecule has 25 heavy (non-hydrogen) atoms. The van der Waals surface area contributed by atoms with E-state index in [1.165, 1.54) is 0 Å². The first-order chi connectivity index (χ1) is 12.1. The number of carbonyl (C=O) groups excluding carboxylic acids is 1. The third kappa shape index (κ3) is 6.07. The summed E-state index contributed by atoms with van der Waals surface area (Å²) in [5.74, 6) is -2.30. The number of carboxylic acids is 1. The monoisotopic (exact) mass is 340 g/mol. The van der Waals surface area contributed by atoms with Crippen molar-refractivity contribution < 1.29 is 19.4 Å². The van der Waals surface area contributed by atoms with E-state index in [4.69, 9.17) is 4.74 Å². The Balaban J connectivity index is 2.13. The summed E-state index contributed by atoms with van der Waals surface area (Å²) in [6.07, 6.45) is 1.15.